The first-order valence-electron chi connectivity index (χ1n) is 9.29. The Morgan fingerprint density at radius 3 is 2.40 bits per heavy atom. The van der Waals surface area contributed by atoms with Crippen molar-refractivity contribution < 1.29 is 4.79 Å². The van der Waals surface area contributed by atoms with E-state index in [0.29, 0.717) is 16.8 Å². The maximum atomic E-state index is 12.8. The van der Waals surface area contributed by atoms with E-state index in [0.717, 1.165) is 31.6 Å². The molecule has 0 radical (unpaired) electrons. The van der Waals surface area contributed by atoms with Gasteiger partial charge in [-0.2, -0.15) is 0 Å². The number of nitrogens with zero attached hydrogens (tertiary/aromatic N) is 4. The molecule has 2 aromatic rings. The third-order valence-corrected chi connectivity index (χ3v) is 5.79. The average Bonchev–Trinajstić information content (AvgIpc) is 3.03. The molecule has 25 heavy (non-hydrogen) atoms. The highest BCUT2D eigenvalue weighted by Crippen LogP contribution is 2.46. The number of hydrogen-bond acceptors (Lipinski definition) is 4. The number of aromatic nitrogens is 3. The van der Waals surface area contributed by atoms with Crippen LogP contribution in [0.4, 0.5) is 0 Å². The second-order valence-electron chi connectivity index (χ2n) is 7.36. The normalized spacial score (nSPS) is 19.8. The van der Waals surface area contributed by atoms with Crippen molar-refractivity contribution >= 4 is 5.91 Å². The largest absolute Gasteiger partial charge is 0.339 e. The van der Waals surface area contributed by atoms with Crippen LogP contribution in [-0.4, -0.2) is 38.8 Å². The lowest BCUT2D eigenvalue weighted by molar-refractivity contribution is 0.0754. The van der Waals surface area contributed by atoms with Crippen LogP contribution >= 0.6 is 0 Å². The van der Waals surface area contributed by atoms with E-state index in [-0.39, 0.29) is 5.91 Å². The van der Waals surface area contributed by atoms with Crippen LogP contribution in [0.3, 0.4) is 0 Å². The molecule has 1 aliphatic heterocycles. The highest BCUT2D eigenvalue weighted by Gasteiger charge is 2.36. The van der Waals surface area contributed by atoms with E-state index in [1.807, 2.05) is 23.1 Å². The monoisotopic (exact) mass is 336 g/mol. The Bertz CT molecular complexity index is 723. The summed E-state index contributed by atoms with van der Waals surface area (Å²) in [4.78, 5) is 27.7. The van der Waals surface area contributed by atoms with Crippen LogP contribution < -0.4 is 0 Å². The van der Waals surface area contributed by atoms with Gasteiger partial charge in [-0.1, -0.05) is 18.9 Å². The number of amides is 1. The summed E-state index contributed by atoms with van der Waals surface area (Å²) in [7, 11) is 0. The summed E-state index contributed by atoms with van der Waals surface area (Å²) >= 11 is 0. The topological polar surface area (TPSA) is 59.0 Å². The van der Waals surface area contributed by atoms with Gasteiger partial charge in [0.15, 0.2) is 5.82 Å². The summed E-state index contributed by atoms with van der Waals surface area (Å²) in [6.07, 6.45) is 13.9. The van der Waals surface area contributed by atoms with E-state index in [1.165, 1.54) is 32.1 Å². The molecule has 130 valence electrons. The maximum absolute atomic E-state index is 12.8. The van der Waals surface area contributed by atoms with Gasteiger partial charge in [0.25, 0.3) is 5.91 Å². The number of carbonyl (C=O) groups is 1. The van der Waals surface area contributed by atoms with Gasteiger partial charge in [0.2, 0.25) is 0 Å². The molecule has 2 aliphatic rings. The molecule has 0 unspecified atom stereocenters. The van der Waals surface area contributed by atoms with Crippen molar-refractivity contribution in [3.63, 3.8) is 0 Å². The fourth-order valence-corrected chi connectivity index (χ4v) is 4.33. The average molecular weight is 336 g/mol. The summed E-state index contributed by atoms with van der Waals surface area (Å²) in [5.74, 6) is 0.612. The number of likely N-dealkylation sites (tertiary alicyclic amines) is 1. The van der Waals surface area contributed by atoms with Crippen molar-refractivity contribution in [1.82, 2.24) is 19.9 Å². The molecule has 5 nitrogen and oxygen atoms in total. The molecule has 1 saturated heterocycles. The van der Waals surface area contributed by atoms with Crippen LogP contribution in [0.25, 0.3) is 11.5 Å². The molecule has 0 N–H and O–H groups in total. The summed E-state index contributed by atoms with van der Waals surface area (Å²) in [5, 5.41) is 0. The van der Waals surface area contributed by atoms with Gasteiger partial charge in [-0.15, -0.1) is 0 Å². The fraction of sp³-hybridized carbons (Fsp3) is 0.500. The molecule has 4 rings (SSSR count). The second kappa shape index (κ2) is 6.90. The summed E-state index contributed by atoms with van der Waals surface area (Å²) in [6, 6.07) is 5.63. The van der Waals surface area contributed by atoms with Crippen molar-refractivity contribution in [3.05, 3.63) is 42.4 Å². The van der Waals surface area contributed by atoms with Crippen LogP contribution in [0.15, 0.2) is 36.8 Å². The quantitative estimate of drug-likeness (QED) is 0.838. The lowest BCUT2D eigenvalue weighted by Crippen LogP contribution is -2.32. The highest BCUT2D eigenvalue weighted by molar-refractivity contribution is 5.93. The van der Waals surface area contributed by atoms with Gasteiger partial charge in [-0.25, -0.2) is 9.97 Å². The Morgan fingerprint density at radius 1 is 0.920 bits per heavy atom. The third kappa shape index (κ3) is 3.41. The number of hydrogen-bond donors (Lipinski definition) is 0. The molecule has 3 heterocycles. The van der Waals surface area contributed by atoms with Crippen LogP contribution in [0, 0.1) is 5.41 Å². The molecule has 1 aliphatic carbocycles. The summed E-state index contributed by atoms with van der Waals surface area (Å²) < 4.78 is 0. The smallest absolute Gasteiger partial charge is 0.256 e. The minimum absolute atomic E-state index is 0.0580. The molecular formula is C20H24N4O. The summed E-state index contributed by atoms with van der Waals surface area (Å²) in [5.41, 5.74) is 1.80. The lowest BCUT2D eigenvalue weighted by Gasteiger charge is -2.27. The van der Waals surface area contributed by atoms with Gasteiger partial charge in [0.05, 0.1) is 5.56 Å². The Kier molecular flexibility index (Phi) is 4.47. The number of carbonyl (C=O) groups excluding carboxylic acids is 1. The van der Waals surface area contributed by atoms with Gasteiger partial charge < -0.3 is 4.90 Å². The predicted octanol–water partition coefficient (Wildman–Crippen LogP) is 3.73. The Labute approximate surface area is 148 Å². The Morgan fingerprint density at radius 2 is 1.68 bits per heavy atom. The molecule has 5 heteroatoms. The Balaban J connectivity index is 1.45. The maximum Gasteiger partial charge on any atom is 0.256 e. The van der Waals surface area contributed by atoms with Crippen LogP contribution in [0.5, 0.6) is 0 Å². The van der Waals surface area contributed by atoms with E-state index in [9.17, 15) is 4.79 Å². The van der Waals surface area contributed by atoms with Gasteiger partial charge >= 0.3 is 0 Å². The van der Waals surface area contributed by atoms with E-state index in [1.54, 1.807) is 18.6 Å². The van der Waals surface area contributed by atoms with E-state index < -0.39 is 0 Å². The van der Waals surface area contributed by atoms with Gasteiger partial charge in [-0.3, -0.25) is 9.78 Å². The Hall–Kier alpha value is -2.30. The number of rotatable bonds is 2. The van der Waals surface area contributed by atoms with E-state index >= 15 is 0 Å². The van der Waals surface area contributed by atoms with E-state index in [4.69, 9.17) is 0 Å². The predicted molar refractivity (Wildman–Crippen MR) is 95.9 cm³/mol. The van der Waals surface area contributed by atoms with Gasteiger partial charge in [-0.05, 0) is 49.7 Å². The molecule has 1 spiro atoms. The molecule has 1 amide bonds. The zero-order chi connectivity index (χ0) is 17.1. The van der Waals surface area contributed by atoms with Crippen molar-refractivity contribution in [2.24, 2.45) is 5.41 Å². The van der Waals surface area contributed by atoms with Crippen LogP contribution in [0.2, 0.25) is 0 Å². The fourth-order valence-electron chi connectivity index (χ4n) is 4.33. The first-order chi connectivity index (χ1) is 12.3. The molecule has 2 fully saturated rings. The molecule has 0 bridgehead atoms. The zero-order valence-corrected chi connectivity index (χ0v) is 14.5. The number of pyridine rings is 1. The minimum Gasteiger partial charge on any atom is -0.339 e. The first-order valence-corrected chi connectivity index (χ1v) is 9.29. The molecular weight excluding hydrogens is 312 g/mol. The standard InChI is InChI=1S/C20H24N4O/c25-19(24-12-5-9-20(10-13-24)7-2-3-8-20)16-14-22-18(23-15-16)17-6-1-4-11-21-17/h1,4,6,11,14-15H,2-3,5,7-10,12-13H2. The van der Waals surface area contributed by atoms with Crippen molar-refractivity contribution in [3.8, 4) is 11.5 Å². The van der Waals surface area contributed by atoms with Crippen LogP contribution in [0.1, 0.15) is 55.3 Å². The van der Waals surface area contributed by atoms with Crippen LogP contribution in [-0.2, 0) is 0 Å². The van der Waals surface area contributed by atoms with Crippen molar-refractivity contribution in [1.29, 1.82) is 0 Å². The van der Waals surface area contributed by atoms with Crippen molar-refractivity contribution in [2.75, 3.05) is 13.1 Å². The SMILES string of the molecule is O=C(c1cnc(-c2ccccn2)nc1)N1CCCC2(CCCC2)CC1. The first kappa shape index (κ1) is 16.2. The van der Waals surface area contributed by atoms with E-state index in [2.05, 4.69) is 15.0 Å². The summed E-state index contributed by atoms with van der Waals surface area (Å²) in [6.45, 7) is 1.71. The lowest BCUT2D eigenvalue weighted by atomic mass is 9.79. The third-order valence-electron chi connectivity index (χ3n) is 5.79. The zero-order valence-electron chi connectivity index (χ0n) is 14.5. The second-order valence-corrected chi connectivity index (χ2v) is 7.36. The molecule has 0 aromatic carbocycles. The van der Waals surface area contributed by atoms with Crippen molar-refractivity contribution in [2.45, 2.75) is 44.9 Å². The molecule has 0 atom stereocenters. The highest BCUT2D eigenvalue weighted by atomic mass is 16.2. The minimum atomic E-state index is 0.0580. The van der Waals surface area contributed by atoms with Gasteiger partial charge in [0.1, 0.15) is 5.69 Å². The van der Waals surface area contributed by atoms with Gasteiger partial charge in [0, 0.05) is 31.7 Å². The molecule has 2 aromatic heterocycles. The molecule has 1 saturated carbocycles.